The maximum atomic E-state index is 12.3. The molecule has 0 radical (unpaired) electrons. The SMILES string of the molecule is O=C(NC(Cc1ccc(-c2cccc(Cl)c2)cc1)CC(O)C(=O)O)C(=O)NC1CONC1=O. The third-order valence-corrected chi connectivity index (χ3v) is 5.21. The Balaban J connectivity index is 1.68. The first kappa shape index (κ1) is 24.2. The van der Waals surface area contributed by atoms with Gasteiger partial charge in [-0.25, -0.2) is 10.3 Å². The van der Waals surface area contributed by atoms with Gasteiger partial charge in [-0.15, -0.1) is 0 Å². The quantitative estimate of drug-likeness (QED) is 0.346. The topological polar surface area (TPSA) is 154 Å². The van der Waals surface area contributed by atoms with Crippen LogP contribution < -0.4 is 16.1 Å². The standard InChI is InChI=1S/C22H22ClN3O7/c23-15-3-1-2-14(9-15)13-6-4-12(5-7-13)8-16(10-18(27)22(31)32)24-20(29)21(30)25-17-11-33-26-19(17)28/h1-7,9,16-18,27H,8,10-11H2,(H,24,29)(H,25,30)(H,26,28)(H,31,32). The van der Waals surface area contributed by atoms with Crippen LogP contribution in [0.2, 0.25) is 5.02 Å². The zero-order valence-electron chi connectivity index (χ0n) is 17.3. The van der Waals surface area contributed by atoms with Crippen LogP contribution in [0.25, 0.3) is 11.1 Å². The maximum absolute atomic E-state index is 12.3. The number of hydrogen-bond acceptors (Lipinski definition) is 6. The highest BCUT2D eigenvalue weighted by atomic mass is 35.5. The van der Waals surface area contributed by atoms with Gasteiger partial charge in [-0.3, -0.25) is 19.2 Å². The lowest BCUT2D eigenvalue weighted by atomic mass is 9.98. The minimum absolute atomic E-state index is 0.127. The average Bonchev–Trinajstić information content (AvgIpc) is 3.18. The third kappa shape index (κ3) is 6.75. The van der Waals surface area contributed by atoms with E-state index in [0.29, 0.717) is 5.02 Å². The van der Waals surface area contributed by atoms with Gasteiger partial charge in [0.15, 0.2) is 6.10 Å². The van der Waals surface area contributed by atoms with E-state index in [-0.39, 0.29) is 19.4 Å². The molecule has 10 nitrogen and oxygen atoms in total. The highest BCUT2D eigenvalue weighted by Crippen LogP contribution is 2.23. The van der Waals surface area contributed by atoms with Crippen LogP contribution in [0.3, 0.4) is 0 Å². The minimum atomic E-state index is -1.74. The van der Waals surface area contributed by atoms with Gasteiger partial charge in [-0.1, -0.05) is 48.0 Å². The number of rotatable bonds is 8. The summed E-state index contributed by atoms with van der Waals surface area (Å²) in [4.78, 5) is 51.7. The molecular weight excluding hydrogens is 454 g/mol. The first-order valence-corrected chi connectivity index (χ1v) is 10.4. The molecule has 1 heterocycles. The van der Waals surface area contributed by atoms with Gasteiger partial charge in [0.2, 0.25) is 0 Å². The first-order chi connectivity index (χ1) is 15.7. The van der Waals surface area contributed by atoms with Gasteiger partial charge in [0, 0.05) is 17.5 Å². The predicted molar refractivity (Wildman–Crippen MR) is 117 cm³/mol. The highest BCUT2D eigenvalue weighted by Gasteiger charge is 2.30. The highest BCUT2D eigenvalue weighted by molar-refractivity contribution is 6.35. The van der Waals surface area contributed by atoms with E-state index in [1.165, 1.54) is 0 Å². The molecule has 1 aliphatic rings. The minimum Gasteiger partial charge on any atom is -0.479 e. The summed E-state index contributed by atoms with van der Waals surface area (Å²) in [5.74, 6) is -4.18. The number of carboxylic acid groups (broad SMARTS) is 1. The van der Waals surface area contributed by atoms with Gasteiger partial charge in [0.05, 0.1) is 0 Å². The van der Waals surface area contributed by atoms with Crippen LogP contribution >= 0.6 is 11.6 Å². The van der Waals surface area contributed by atoms with Gasteiger partial charge >= 0.3 is 17.8 Å². The van der Waals surface area contributed by atoms with Gasteiger partial charge in [-0.2, -0.15) is 0 Å². The fourth-order valence-corrected chi connectivity index (χ4v) is 3.46. The van der Waals surface area contributed by atoms with E-state index in [0.717, 1.165) is 16.7 Å². The van der Waals surface area contributed by atoms with Crippen molar-refractivity contribution in [3.05, 3.63) is 59.1 Å². The van der Waals surface area contributed by atoms with Gasteiger partial charge in [-0.05, 0) is 35.2 Å². The molecule has 174 valence electrons. The number of benzene rings is 2. The normalized spacial score (nSPS) is 17.0. The molecular formula is C22H22ClN3O7. The number of amides is 3. The van der Waals surface area contributed by atoms with Crippen molar-refractivity contribution in [2.45, 2.75) is 31.0 Å². The largest absolute Gasteiger partial charge is 0.479 e. The fourth-order valence-electron chi connectivity index (χ4n) is 3.27. The van der Waals surface area contributed by atoms with Crippen LogP contribution in [-0.2, 0) is 30.4 Å². The predicted octanol–water partition coefficient (Wildman–Crippen LogP) is 0.416. The van der Waals surface area contributed by atoms with Crippen LogP contribution in [0.4, 0.5) is 0 Å². The van der Waals surface area contributed by atoms with E-state index in [1.807, 2.05) is 30.3 Å². The van der Waals surface area contributed by atoms with Gasteiger partial charge < -0.3 is 20.8 Å². The molecule has 0 saturated carbocycles. The van der Waals surface area contributed by atoms with Crippen molar-refractivity contribution >= 4 is 35.3 Å². The molecule has 11 heteroatoms. The second kappa shape index (κ2) is 10.9. The van der Waals surface area contributed by atoms with Crippen molar-refractivity contribution in [1.29, 1.82) is 0 Å². The molecule has 0 bridgehead atoms. The molecule has 0 aromatic heterocycles. The second-order valence-electron chi connectivity index (χ2n) is 7.47. The van der Waals surface area contributed by atoms with E-state index in [4.69, 9.17) is 16.7 Å². The zero-order valence-corrected chi connectivity index (χ0v) is 18.0. The van der Waals surface area contributed by atoms with Crippen LogP contribution in [0.1, 0.15) is 12.0 Å². The third-order valence-electron chi connectivity index (χ3n) is 4.97. The first-order valence-electron chi connectivity index (χ1n) is 10.0. The number of aliphatic hydroxyl groups is 1. The molecule has 1 fully saturated rings. The summed E-state index contributed by atoms with van der Waals surface area (Å²) in [6.45, 7) is -0.127. The lowest BCUT2D eigenvalue weighted by molar-refractivity contribution is -0.147. The second-order valence-corrected chi connectivity index (χ2v) is 7.91. The van der Waals surface area contributed by atoms with E-state index in [9.17, 15) is 24.3 Å². The number of hydrogen-bond donors (Lipinski definition) is 5. The van der Waals surface area contributed by atoms with Crippen LogP contribution in [0.15, 0.2) is 48.5 Å². The molecule has 1 saturated heterocycles. The Morgan fingerprint density at radius 3 is 2.45 bits per heavy atom. The monoisotopic (exact) mass is 475 g/mol. The van der Waals surface area contributed by atoms with Gasteiger partial charge in [0.25, 0.3) is 5.91 Å². The van der Waals surface area contributed by atoms with Crippen molar-refractivity contribution in [2.75, 3.05) is 6.61 Å². The van der Waals surface area contributed by atoms with E-state index in [2.05, 4.69) is 21.0 Å². The summed E-state index contributed by atoms with van der Waals surface area (Å²) >= 11 is 6.03. The number of halogens is 1. The average molecular weight is 476 g/mol. The van der Waals surface area contributed by atoms with Crippen molar-refractivity contribution in [3.8, 4) is 11.1 Å². The summed E-state index contributed by atoms with van der Waals surface area (Å²) < 4.78 is 0. The molecule has 2 aromatic rings. The van der Waals surface area contributed by atoms with Crippen LogP contribution in [0, 0.1) is 0 Å². The number of carboxylic acids is 1. The number of carbonyl (C=O) groups is 4. The smallest absolute Gasteiger partial charge is 0.332 e. The summed E-state index contributed by atoms with van der Waals surface area (Å²) in [6, 6.07) is 12.7. The van der Waals surface area contributed by atoms with E-state index < -0.39 is 41.9 Å². The molecule has 3 amide bonds. The lowest BCUT2D eigenvalue weighted by Crippen LogP contribution is -2.51. The van der Waals surface area contributed by atoms with Crippen LogP contribution in [0.5, 0.6) is 0 Å². The summed E-state index contributed by atoms with van der Waals surface area (Å²) in [6.07, 6.45) is -1.90. The summed E-state index contributed by atoms with van der Waals surface area (Å²) in [5.41, 5.74) is 4.62. The summed E-state index contributed by atoms with van der Waals surface area (Å²) in [5, 5.41) is 24.1. The van der Waals surface area contributed by atoms with Crippen molar-refractivity contribution in [3.63, 3.8) is 0 Å². The Morgan fingerprint density at radius 2 is 1.85 bits per heavy atom. The Morgan fingerprint density at radius 1 is 1.12 bits per heavy atom. The number of hydroxylamine groups is 1. The van der Waals surface area contributed by atoms with E-state index >= 15 is 0 Å². The van der Waals surface area contributed by atoms with Crippen molar-refractivity contribution in [1.82, 2.24) is 16.1 Å². The number of carbonyl (C=O) groups excluding carboxylic acids is 3. The van der Waals surface area contributed by atoms with Gasteiger partial charge in [0.1, 0.15) is 12.6 Å². The molecule has 0 aliphatic carbocycles. The van der Waals surface area contributed by atoms with Crippen LogP contribution in [-0.4, -0.2) is 58.7 Å². The Hall–Kier alpha value is -3.47. The molecule has 1 aliphatic heterocycles. The number of nitrogens with one attached hydrogen (secondary N) is 3. The molecule has 5 N–H and O–H groups in total. The molecule has 2 aromatic carbocycles. The Kier molecular flexibility index (Phi) is 7.99. The molecule has 0 spiro atoms. The van der Waals surface area contributed by atoms with Crippen molar-refractivity contribution in [2.24, 2.45) is 0 Å². The Labute approximate surface area is 193 Å². The fraction of sp³-hybridized carbons (Fsp3) is 0.273. The molecule has 3 atom stereocenters. The number of aliphatic hydroxyl groups excluding tert-OH is 1. The molecule has 3 unspecified atom stereocenters. The van der Waals surface area contributed by atoms with Crippen molar-refractivity contribution < 1.29 is 34.2 Å². The zero-order chi connectivity index (χ0) is 24.0. The maximum Gasteiger partial charge on any atom is 0.332 e. The molecule has 33 heavy (non-hydrogen) atoms. The van der Waals surface area contributed by atoms with E-state index in [1.54, 1.807) is 18.2 Å². The molecule has 3 rings (SSSR count). The summed E-state index contributed by atoms with van der Waals surface area (Å²) in [7, 11) is 0. The number of aliphatic carboxylic acids is 1. The Bertz CT molecular complexity index is 1040. The lowest BCUT2D eigenvalue weighted by Gasteiger charge is -2.20.